The van der Waals surface area contributed by atoms with Crippen molar-refractivity contribution in [3.05, 3.63) is 22.4 Å². The molecule has 138 valence electrons. The predicted molar refractivity (Wildman–Crippen MR) is 95.9 cm³/mol. The molecule has 1 saturated carbocycles. The van der Waals surface area contributed by atoms with Gasteiger partial charge in [-0.1, -0.05) is 12.8 Å². The minimum atomic E-state index is -3.35. The normalized spacial score (nSPS) is 19.0. The van der Waals surface area contributed by atoms with Gasteiger partial charge in [0.1, 0.15) is 5.25 Å². The zero-order valence-electron chi connectivity index (χ0n) is 13.9. The maximum atomic E-state index is 12.3. The number of nitrogens with zero attached hydrogens (tertiary/aromatic N) is 1. The first-order valence-corrected chi connectivity index (χ1v) is 11.0. The number of hydrogen-bond acceptors (Lipinski definition) is 5. The number of carbonyl (C=O) groups is 2. The van der Waals surface area contributed by atoms with Crippen molar-refractivity contribution in [2.75, 3.05) is 19.6 Å². The summed E-state index contributed by atoms with van der Waals surface area (Å²) in [4.78, 5) is 25.4. The van der Waals surface area contributed by atoms with E-state index in [1.165, 1.54) is 16.2 Å². The molecule has 0 unspecified atom stereocenters. The number of carbonyl (C=O) groups excluding carboxylic acids is 2. The number of amides is 2. The summed E-state index contributed by atoms with van der Waals surface area (Å²) in [6.45, 7) is 0.723. The van der Waals surface area contributed by atoms with Crippen LogP contribution in [0.15, 0.2) is 16.8 Å². The molecule has 2 N–H and O–H groups in total. The first kappa shape index (κ1) is 18.3. The molecule has 1 aliphatic heterocycles. The molecule has 0 bridgehead atoms. The van der Waals surface area contributed by atoms with Gasteiger partial charge in [-0.25, -0.2) is 13.1 Å². The van der Waals surface area contributed by atoms with Crippen LogP contribution >= 0.6 is 11.3 Å². The van der Waals surface area contributed by atoms with Crippen LogP contribution in [0.2, 0.25) is 0 Å². The Morgan fingerprint density at radius 1 is 1.24 bits per heavy atom. The lowest BCUT2D eigenvalue weighted by Gasteiger charge is -2.39. The molecular weight excluding hydrogens is 362 g/mol. The highest BCUT2D eigenvalue weighted by Gasteiger charge is 2.40. The molecule has 2 aliphatic rings. The molecule has 1 aliphatic carbocycles. The van der Waals surface area contributed by atoms with E-state index in [4.69, 9.17) is 0 Å². The second-order valence-electron chi connectivity index (χ2n) is 6.58. The van der Waals surface area contributed by atoms with E-state index in [0.717, 1.165) is 25.7 Å². The number of thiophene rings is 1. The quantitative estimate of drug-likeness (QED) is 0.730. The van der Waals surface area contributed by atoms with Gasteiger partial charge in [0.15, 0.2) is 0 Å². The Labute approximate surface area is 151 Å². The zero-order valence-corrected chi connectivity index (χ0v) is 15.6. The highest BCUT2D eigenvalue weighted by Crippen LogP contribution is 2.22. The van der Waals surface area contributed by atoms with Crippen molar-refractivity contribution in [3.8, 4) is 0 Å². The first-order chi connectivity index (χ1) is 12.0. The van der Waals surface area contributed by atoms with Crippen LogP contribution in [0.5, 0.6) is 0 Å². The van der Waals surface area contributed by atoms with Gasteiger partial charge >= 0.3 is 0 Å². The lowest BCUT2D eigenvalue weighted by Crippen LogP contribution is -2.60. The maximum absolute atomic E-state index is 12.3. The van der Waals surface area contributed by atoms with E-state index in [0.29, 0.717) is 5.56 Å². The van der Waals surface area contributed by atoms with Crippen molar-refractivity contribution in [1.82, 2.24) is 14.9 Å². The average Bonchev–Trinajstić information content (AvgIpc) is 3.17. The fraction of sp³-hybridized carbons (Fsp3) is 0.625. The number of likely N-dealkylation sites (tertiary alicyclic amines) is 1. The van der Waals surface area contributed by atoms with Crippen molar-refractivity contribution in [1.29, 1.82) is 0 Å². The molecule has 3 rings (SSSR count). The van der Waals surface area contributed by atoms with Crippen LogP contribution in [0.1, 0.15) is 42.5 Å². The third-order valence-electron chi connectivity index (χ3n) is 4.73. The Bertz CT molecular complexity index is 706. The van der Waals surface area contributed by atoms with Crippen molar-refractivity contribution < 1.29 is 18.0 Å². The minimum absolute atomic E-state index is 0.0575. The first-order valence-electron chi connectivity index (χ1n) is 8.55. The van der Waals surface area contributed by atoms with Gasteiger partial charge in [-0.3, -0.25) is 9.59 Å². The van der Waals surface area contributed by atoms with Crippen LogP contribution < -0.4 is 10.0 Å². The van der Waals surface area contributed by atoms with E-state index in [2.05, 4.69) is 10.0 Å². The highest BCUT2D eigenvalue weighted by molar-refractivity contribution is 7.90. The van der Waals surface area contributed by atoms with Crippen LogP contribution in [0.25, 0.3) is 0 Å². The number of sulfonamides is 1. The topological polar surface area (TPSA) is 95.6 Å². The van der Waals surface area contributed by atoms with Gasteiger partial charge in [0.2, 0.25) is 15.9 Å². The third-order valence-corrected chi connectivity index (χ3v) is 7.25. The monoisotopic (exact) mass is 385 g/mol. The molecule has 2 amide bonds. The van der Waals surface area contributed by atoms with Crippen LogP contribution in [0, 0.1) is 0 Å². The number of hydrogen-bond donors (Lipinski definition) is 2. The van der Waals surface area contributed by atoms with Gasteiger partial charge in [0.25, 0.3) is 5.91 Å². The molecule has 2 heterocycles. The number of nitrogens with one attached hydrogen (secondary N) is 2. The molecule has 1 aromatic heterocycles. The van der Waals surface area contributed by atoms with Crippen LogP contribution in [0.3, 0.4) is 0 Å². The van der Waals surface area contributed by atoms with E-state index in [9.17, 15) is 18.0 Å². The standard InChI is InChI=1S/C16H23N3O4S2/c20-15(5-7-17-16(21)12-6-8-24-11-12)19-9-14(10-19)25(22,23)18-13-3-1-2-4-13/h6,8,11,13-14,18H,1-5,7,9-10H2,(H,17,21). The van der Waals surface area contributed by atoms with Crippen molar-refractivity contribution in [2.24, 2.45) is 0 Å². The summed E-state index contributed by atoms with van der Waals surface area (Å²) in [5, 5.41) is 5.75. The molecule has 0 radical (unpaired) electrons. The summed E-state index contributed by atoms with van der Waals surface area (Å²) < 4.78 is 27.3. The van der Waals surface area contributed by atoms with Gasteiger partial charge < -0.3 is 10.2 Å². The third kappa shape index (κ3) is 4.59. The van der Waals surface area contributed by atoms with Gasteiger partial charge in [-0.2, -0.15) is 11.3 Å². The summed E-state index contributed by atoms with van der Waals surface area (Å²) in [5.74, 6) is -0.322. The molecule has 2 fully saturated rings. The van der Waals surface area contributed by atoms with E-state index >= 15 is 0 Å². The molecule has 9 heteroatoms. The highest BCUT2D eigenvalue weighted by atomic mass is 32.2. The zero-order chi connectivity index (χ0) is 17.9. The summed E-state index contributed by atoms with van der Waals surface area (Å²) in [6.07, 6.45) is 4.12. The minimum Gasteiger partial charge on any atom is -0.351 e. The molecule has 25 heavy (non-hydrogen) atoms. The molecule has 7 nitrogen and oxygen atoms in total. The van der Waals surface area contributed by atoms with Gasteiger partial charge in [0.05, 0.1) is 0 Å². The summed E-state index contributed by atoms with van der Waals surface area (Å²) >= 11 is 1.44. The maximum Gasteiger partial charge on any atom is 0.252 e. The predicted octanol–water partition coefficient (Wildman–Crippen LogP) is 0.941. The summed E-state index contributed by atoms with van der Waals surface area (Å²) in [7, 11) is -3.35. The lowest BCUT2D eigenvalue weighted by atomic mass is 10.2. The van der Waals surface area contributed by atoms with Crippen molar-refractivity contribution >= 4 is 33.2 Å². The Hall–Kier alpha value is -1.45. The molecule has 0 spiro atoms. The summed E-state index contributed by atoms with van der Waals surface area (Å²) in [6, 6.07) is 1.78. The van der Waals surface area contributed by atoms with E-state index in [1.807, 2.05) is 5.38 Å². The van der Waals surface area contributed by atoms with Crippen LogP contribution in [-0.4, -0.2) is 56.1 Å². The molecule has 0 aromatic carbocycles. The van der Waals surface area contributed by atoms with Crippen LogP contribution in [-0.2, 0) is 14.8 Å². The lowest BCUT2D eigenvalue weighted by molar-refractivity contribution is -0.134. The SMILES string of the molecule is O=C(NCCC(=O)N1CC(S(=O)(=O)NC2CCCC2)C1)c1ccsc1. The number of rotatable bonds is 7. The Morgan fingerprint density at radius 3 is 2.60 bits per heavy atom. The van der Waals surface area contributed by atoms with E-state index < -0.39 is 15.3 Å². The fourth-order valence-corrected chi connectivity index (χ4v) is 5.43. The Kier molecular flexibility index (Phi) is 5.75. The largest absolute Gasteiger partial charge is 0.351 e. The van der Waals surface area contributed by atoms with Crippen LogP contribution in [0.4, 0.5) is 0 Å². The average molecular weight is 386 g/mol. The second kappa shape index (κ2) is 7.84. The molecule has 1 aromatic rings. The molecule has 1 saturated heterocycles. The van der Waals surface area contributed by atoms with E-state index in [1.54, 1.807) is 11.4 Å². The van der Waals surface area contributed by atoms with Crippen molar-refractivity contribution in [3.63, 3.8) is 0 Å². The molecular formula is C16H23N3O4S2. The van der Waals surface area contributed by atoms with Crippen molar-refractivity contribution in [2.45, 2.75) is 43.4 Å². The van der Waals surface area contributed by atoms with E-state index in [-0.39, 0.29) is 43.9 Å². The van der Waals surface area contributed by atoms with Gasteiger partial charge in [-0.15, -0.1) is 0 Å². The molecule has 0 atom stereocenters. The summed E-state index contributed by atoms with van der Waals surface area (Å²) in [5.41, 5.74) is 0.588. The second-order valence-corrected chi connectivity index (χ2v) is 9.36. The fourth-order valence-electron chi connectivity index (χ4n) is 3.15. The Balaban J connectivity index is 1.37. The van der Waals surface area contributed by atoms with Gasteiger partial charge in [0, 0.05) is 43.0 Å². The Morgan fingerprint density at radius 2 is 1.96 bits per heavy atom. The van der Waals surface area contributed by atoms with Gasteiger partial charge in [-0.05, 0) is 24.3 Å². The smallest absolute Gasteiger partial charge is 0.252 e.